The van der Waals surface area contributed by atoms with E-state index in [4.69, 9.17) is 0 Å². The van der Waals surface area contributed by atoms with Crippen LogP contribution >= 0.6 is 0 Å². The van der Waals surface area contributed by atoms with E-state index in [1.807, 2.05) is 31.0 Å². The highest BCUT2D eigenvalue weighted by Gasteiger charge is 2.37. The van der Waals surface area contributed by atoms with Crippen molar-refractivity contribution in [2.24, 2.45) is 0 Å². The molecule has 19 heavy (non-hydrogen) atoms. The molecule has 1 N–H and O–H groups in total. The van der Waals surface area contributed by atoms with Crippen LogP contribution < -0.4 is 5.32 Å². The van der Waals surface area contributed by atoms with Gasteiger partial charge in [0.15, 0.2) is 0 Å². The Morgan fingerprint density at radius 2 is 2.11 bits per heavy atom. The van der Waals surface area contributed by atoms with Crippen LogP contribution in [0.1, 0.15) is 44.7 Å². The highest BCUT2D eigenvalue weighted by molar-refractivity contribution is 5.86. The first-order valence-electron chi connectivity index (χ1n) is 6.97. The third-order valence-corrected chi connectivity index (χ3v) is 4.18. The predicted octanol–water partition coefficient (Wildman–Crippen LogP) is 2.13. The zero-order valence-electron chi connectivity index (χ0n) is 12.0. The van der Waals surface area contributed by atoms with E-state index < -0.39 is 5.54 Å². The maximum Gasteiger partial charge on any atom is 0.242 e. The van der Waals surface area contributed by atoms with E-state index in [0.29, 0.717) is 0 Å². The molecule has 1 fully saturated rings. The van der Waals surface area contributed by atoms with Gasteiger partial charge in [-0.15, -0.1) is 0 Å². The van der Waals surface area contributed by atoms with Crippen LogP contribution in [0.2, 0.25) is 0 Å². The van der Waals surface area contributed by atoms with Crippen molar-refractivity contribution in [3.05, 3.63) is 30.1 Å². The summed E-state index contributed by atoms with van der Waals surface area (Å²) in [6.07, 6.45) is 6.73. The Kier molecular flexibility index (Phi) is 4.20. The van der Waals surface area contributed by atoms with E-state index in [1.165, 1.54) is 0 Å². The number of piperidine rings is 1. The molecule has 1 aromatic rings. The predicted molar refractivity (Wildman–Crippen MR) is 75.7 cm³/mol. The van der Waals surface area contributed by atoms with Crippen LogP contribution in [-0.2, 0) is 4.79 Å². The number of nitrogens with zero attached hydrogens (tertiary/aromatic N) is 2. The lowest BCUT2D eigenvalue weighted by Crippen LogP contribution is -2.57. The maximum atomic E-state index is 12.7. The van der Waals surface area contributed by atoms with Crippen molar-refractivity contribution >= 4 is 5.91 Å². The molecule has 0 aliphatic carbocycles. The summed E-state index contributed by atoms with van der Waals surface area (Å²) in [5.41, 5.74) is 0.708. The number of hydrogen-bond acceptors (Lipinski definition) is 3. The second kappa shape index (κ2) is 5.70. The highest BCUT2D eigenvalue weighted by atomic mass is 16.2. The van der Waals surface area contributed by atoms with Crippen molar-refractivity contribution in [1.29, 1.82) is 0 Å². The Morgan fingerprint density at radius 3 is 2.68 bits per heavy atom. The number of hydrogen-bond donors (Lipinski definition) is 1. The van der Waals surface area contributed by atoms with E-state index in [-0.39, 0.29) is 11.9 Å². The first-order valence-corrected chi connectivity index (χ1v) is 6.97. The number of pyridine rings is 1. The summed E-state index contributed by atoms with van der Waals surface area (Å²) in [6.45, 7) is 5.00. The van der Waals surface area contributed by atoms with E-state index in [9.17, 15) is 4.79 Å². The lowest BCUT2D eigenvalue weighted by molar-refractivity contribution is -0.139. The van der Waals surface area contributed by atoms with Gasteiger partial charge in [0.05, 0.1) is 11.6 Å². The van der Waals surface area contributed by atoms with Crippen LogP contribution in [0.25, 0.3) is 0 Å². The van der Waals surface area contributed by atoms with Gasteiger partial charge < -0.3 is 10.2 Å². The number of rotatable bonds is 3. The first-order chi connectivity index (χ1) is 9.04. The molecule has 104 valence electrons. The van der Waals surface area contributed by atoms with Gasteiger partial charge in [0.25, 0.3) is 0 Å². The van der Waals surface area contributed by atoms with Crippen molar-refractivity contribution < 1.29 is 4.79 Å². The molecule has 0 spiro atoms. The summed E-state index contributed by atoms with van der Waals surface area (Å²) in [5, 5.41) is 3.38. The molecule has 2 heterocycles. The van der Waals surface area contributed by atoms with E-state index in [0.717, 1.165) is 31.4 Å². The van der Waals surface area contributed by atoms with Gasteiger partial charge in [-0.2, -0.15) is 0 Å². The largest absolute Gasteiger partial charge is 0.337 e. The van der Waals surface area contributed by atoms with Crippen LogP contribution in [0.4, 0.5) is 0 Å². The molecule has 1 aromatic heterocycles. The third kappa shape index (κ3) is 2.95. The Labute approximate surface area is 115 Å². The van der Waals surface area contributed by atoms with Gasteiger partial charge in [-0.3, -0.25) is 9.78 Å². The molecule has 2 unspecified atom stereocenters. The monoisotopic (exact) mass is 261 g/mol. The second-order valence-corrected chi connectivity index (χ2v) is 5.59. The average Bonchev–Trinajstić information content (AvgIpc) is 2.46. The second-order valence-electron chi connectivity index (χ2n) is 5.59. The number of amides is 1. The van der Waals surface area contributed by atoms with E-state index >= 15 is 0 Å². The Bertz CT molecular complexity index is 426. The molecule has 1 amide bonds. The summed E-state index contributed by atoms with van der Waals surface area (Å²) in [4.78, 5) is 18.5. The lowest BCUT2D eigenvalue weighted by atomic mass is 9.89. The third-order valence-electron chi connectivity index (χ3n) is 4.18. The molecule has 2 rings (SSSR count). The van der Waals surface area contributed by atoms with Gasteiger partial charge in [-0.1, -0.05) is 0 Å². The molecular weight excluding hydrogens is 238 g/mol. The standard InChI is InChI=1S/C15H23N3O/c1-12(13-6-10-16-11-7-13)18(3)14(19)15(2)8-4-5-9-17-15/h6-7,10-12,17H,4-5,8-9H2,1-3H3. The van der Waals surface area contributed by atoms with Crippen molar-refractivity contribution in [1.82, 2.24) is 15.2 Å². The number of carbonyl (C=O) groups is 1. The van der Waals surface area contributed by atoms with Crippen molar-refractivity contribution in [3.63, 3.8) is 0 Å². The Balaban J connectivity index is 2.10. The smallest absolute Gasteiger partial charge is 0.242 e. The number of likely N-dealkylation sites (N-methyl/N-ethyl adjacent to an activating group) is 1. The number of aromatic nitrogens is 1. The fraction of sp³-hybridized carbons (Fsp3) is 0.600. The fourth-order valence-electron chi connectivity index (χ4n) is 2.67. The van der Waals surface area contributed by atoms with Crippen molar-refractivity contribution in [2.45, 2.75) is 44.7 Å². The zero-order chi connectivity index (χ0) is 13.9. The van der Waals surface area contributed by atoms with Crippen molar-refractivity contribution in [2.75, 3.05) is 13.6 Å². The van der Waals surface area contributed by atoms with Gasteiger partial charge in [0.2, 0.25) is 5.91 Å². The van der Waals surface area contributed by atoms with Gasteiger partial charge in [-0.05, 0) is 57.4 Å². The fourth-order valence-corrected chi connectivity index (χ4v) is 2.67. The summed E-state index contributed by atoms with van der Waals surface area (Å²) >= 11 is 0. The molecule has 0 saturated carbocycles. The van der Waals surface area contributed by atoms with Gasteiger partial charge in [-0.25, -0.2) is 0 Å². The summed E-state index contributed by atoms with van der Waals surface area (Å²) < 4.78 is 0. The van der Waals surface area contributed by atoms with Crippen LogP contribution in [-0.4, -0.2) is 34.9 Å². The topological polar surface area (TPSA) is 45.2 Å². The summed E-state index contributed by atoms with van der Waals surface area (Å²) in [6, 6.07) is 3.99. The molecule has 0 radical (unpaired) electrons. The first kappa shape index (κ1) is 14.0. The van der Waals surface area contributed by atoms with Crippen LogP contribution in [0.5, 0.6) is 0 Å². The lowest BCUT2D eigenvalue weighted by Gasteiger charge is -2.38. The van der Waals surface area contributed by atoms with Crippen LogP contribution in [0.15, 0.2) is 24.5 Å². The molecule has 0 bridgehead atoms. The summed E-state index contributed by atoms with van der Waals surface area (Å²) in [7, 11) is 1.88. The minimum Gasteiger partial charge on any atom is -0.337 e. The molecule has 1 saturated heterocycles. The van der Waals surface area contributed by atoms with Crippen LogP contribution in [0.3, 0.4) is 0 Å². The summed E-state index contributed by atoms with van der Waals surface area (Å²) in [5.74, 6) is 0.177. The molecule has 4 heteroatoms. The Morgan fingerprint density at radius 1 is 1.42 bits per heavy atom. The maximum absolute atomic E-state index is 12.7. The molecule has 4 nitrogen and oxygen atoms in total. The van der Waals surface area contributed by atoms with E-state index in [1.54, 1.807) is 12.4 Å². The highest BCUT2D eigenvalue weighted by Crippen LogP contribution is 2.25. The minimum absolute atomic E-state index is 0.0658. The molecule has 2 atom stereocenters. The zero-order valence-corrected chi connectivity index (χ0v) is 12.0. The number of nitrogens with one attached hydrogen (secondary N) is 1. The average molecular weight is 261 g/mol. The number of carbonyl (C=O) groups excluding carboxylic acids is 1. The van der Waals surface area contributed by atoms with Crippen molar-refractivity contribution in [3.8, 4) is 0 Å². The minimum atomic E-state index is -0.408. The normalized spacial score (nSPS) is 24.8. The molecule has 1 aliphatic rings. The Hall–Kier alpha value is -1.42. The van der Waals surface area contributed by atoms with E-state index in [2.05, 4.69) is 17.2 Å². The van der Waals surface area contributed by atoms with Crippen LogP contribution in [0, 0.1) is 0 Å². The SMILES string of the molecule is CC(c1ccncc1)N(C)C(=O)C1(C)CCCCN1. The van der Waals surface area contributed by atoms with Gasteiger partial charge in [0.1, 0.15) is 0 Å². The van der Waals surface area contributed by atoms with Gasteiger partial charge >= 0.3 is 0 Å². The van der Waals surface area contributed by atoms with Gasteiger partial charge in [0, 0.05) is 19.4 Å². The molecule has 1 aliphatic heterocycles. The molecule has 0 aromatic carbocycles. The molecular formula is C15H23N3O. The quantitative estimate of drug-likeness (QED) is 0.906.